The molecule has 0 saturated carbocycles. The highest BCUT2D eigenvalue weighted by molar-refractivity contribution is 8.22. The third-order valence-electron chi connectivity index (χ3n) is 3.04. The number of sulfone groups is 1. The van der Waals surface area contributed by atoms with Gasteiger partial charge >= 0.3 is 0 Å². The van der Waals surface area contributed by atoms with Crippen molar-refractivity contribution in [2.45, 2.75) is 22.5 Å². The molecule has 0 radical (unpaired) electrons. The molecule has 0 aromatic heterocycles. The van der Waals surface area contributed by atoms with E-state index < -0.39 is 21.5 Å². The van der Waals surface area contributed by atoms with Crippen LogP contribution in [0.3, 0.4) is 0 Å². The molecule has 0 aliphatic heterocycles. The van der Waals surface area contributed by atoms with Crippen molar-refractivity contribution >= 4 is 38.2 Å². The Kier molecular flexibility index (Phi) is 6.31. The van der Waals surface area contributed by atoms with Crippen LogP contribution in [-0.2, 0) is 20.3 Å². The summed E-state index contributed by atoms with van der Waals surface area (Å²) in [4.78, 5) is -0.101. The molecule has 2 aromatic carbocycles. The second-order valence-corrected chi connectivity index (χ2v) is 8.18. The zero-order valence-corrected chi connectivity index (χ0v) is 15.1. The minimum absolute atomic E-state index is 0.0395. The van der Waals surface area contributed by atoms with E-state index in [4.69, 9.17) is 17.0 Å². The van der Waals surface area contributed by atoms with Crippen LogP contribution in [0, 0.1) is 11.6 Å². The summed E-state index contributed by atoms with van der Waals surface area (Å²) >= 11 is 6.09. The Balaban J connectivity index is 2.38. The third kappa shape index (κ3) is 4.52. The fourth-order valence-corrected chi connectivity index (χ4v) is 4.53. The SMILES string of the molecule is CCOC(=S)SCc1cc(F)ccc1S(=O)(=O)c1ccc(F)cc1. The summed E-state index contributed by atoms with van der Waals surface area (Å²) in [5.74, 6) is -0.941. The summed E-state index contributed by atoms with van der Waals surface area (Å²) in [5, 5.41) is 0. The van der Waals surface area contributed by atoms with Crippen LogP contribution in [-0.4, -0.2) is 19.4 Å². The maximum absolute atomic E-state index is 13.5. The van der Waals surface area contributed by atoms with E-state index in [1.54, 1.807) is 6.92 Å². The number of rotatable bonds is 5. The second-order valence-electron chi connectivity index (χ2n) is 4.68. The van der Waals surface area contributed by atoms with Crippen molar-refractivity contribution in [2.24, 2.45) is 0 Å². The van der Waals surface area contributed by atoms with Gasteiger partial charge in [-0.25, -0.2) is 17.2 Å². The molecule has 0 atom stereocenters. The van der Waals surface area contributed by atoms with Gasteiger partial charge in [-0.2, -0.15) is 0 Å². The molecular weight excluding hydrogens is 374 g/mol. The molecular formula is C16H14F2O3S3. The van der Waals surface area contributed by atoms with Crippen LogP contribution in [0.5, 0.6) is 0 Å². The fourth-order valence-electron chi connectivity index (χ4n) is 1.96. The predicted molar refractivity (Wildman–Crippen MR) is 93.8 cm³/mol. The summed E-state index contributed by atoms with van der Waals surface area (Å²) in [6.45, 7) is 2.18. The van der Waals surface area contributed by atoms with E-state index in [0.717, 1.165) is 36.0 Å². The Hall–Kier alpha value is -1.51. The standard InChI is InChI=1S/C16H14F2O3S3/c1-2-21-16(22)23-10-11-9-13(18)5-8-15(11)24(19,20)14-6-3-12(17)4-7-14/h3-9H,2,10H2,1H3. The molecule has 0 aliphatic rings. The molecule has 0 saturated heterocycles. The molecule has 0 spiro atoms. The maximum Gasteiger partial charge on any atom is 0.220 e. The van der Waals surface area contributed by atoms with Crippen LogP contribution in [0.15, 0.2) is 52.3 Å². The molecule has 0 N–H and O–H groups in total. The molecule has 0 fully saturated rings. The average molecular weight is 388 g/mol. The van der Waals surface area contributed by atoms with Gasteiger partial charge < -0.3 is 4.74 Å². The lowest BCUT2D eigenvalue weighted by molar-refractivity contribution is 0.346. The highest BCUT2D eigenvalue weighted by Gasteiger charge is 2.22. The van der Waals surface area contributed by atoms with Gasteiger partial charge in [0.1, 0.15) is 11.6 Å². The Labute approximate surface area is 149 Å². The van der Waals surface area contributed by atoms with Gasteiger partial charge in [0, 0.05) is 5.75 Å². The minimum Gasteiger partial charge on any atom is -0.479 e. The van der Waals surface area contributed by atoms with Crippen molar-refractivity contribution in [1.82, 2.24) is 0 Å². The average Bonchev–Trinajstić information content (AvgIpc) is 2.53. The van der Waals surface area contributed by atoms with Crippen LogP contribution in [0.2, 0.25) is 0 Å². The van der Waals surface area contributed by atoms with Crippen LogP contribution in [0.25, 0.3) is 0 Å². The molecule has 0 bridgehead atoms. The van der Waals surface area contributed by atoms with Crippen LogP contribution in [0.1, 0.15) is 12.5 Å². The number of hydrogen-bond donors (Lipinski definition) is 0. The van der Waals surface area contributed by atoms with E-state index in [1.165, 1.54) is 18.2 Å². The van der Waals surface area contributed by atoms with Gasteiger partial charge in [0.25, 0.3) is 0 Å². The smallest absolute Gasteiger partial charge is 0.220 e. The van der Waals surface area contributed by atoms with Gasteiger partial charge in [-0.15, -0.1) is 0 Å². The van der Waals surface area contributed by atoms with E-state index in [-0.39, 0.29) is 25.5 Å². The van der Waals surface area contributed by atoms with Crippen molar-refractivity contribution in [3.05, 3.63) is 59.7 Å². The maximum atomic E-state index is 13.5. The normalized spacial score (nSPS) is 11.3. The van der Waals surface area contributed by atoms with Gasteiger partial charge in [-0.05, 0) is 67.2 Å². The molecule has 0 heterocycles. The Morgan fingerprint density at radius 2 is 1.75 bits per heavy atom. The monoisotopic (exact) mass is 388 g/mol. The van der Waals surface area contributed by atoms with Crippen molar-refractivity contribution in [3.63, 3.8) is 0 Å². The first-order chi connectivity index (χ1) is 11.3. The Morgan fingerprint density at radius 3 is 2.38 bits per heavy atom. The fraction of sp³-hybridized carbons (Fsp3) is 0.188. The molecule has 3 nitrogen and oxygen atoms in total. The summed E-state index contributed by atoms with van der Waals surface area (Å²) in [7, 11) is -3.89. The lowest BCUT2D eigenvalue weighted by Gasteiger charge is -2.11. The molecule has 2 aromatic rings. The van der Waals surface area contributed by atoms with E-state index in [9.17, 15) is 17.2 Å². The van der Waals surface area contributed by atoms with E-state index >= 15 is 0 Å². The number of halogens is 2. The quantitative estimate of drug-likeness (QED) is 0.563. The van der Waals surface area contributed by atoms with Crippen LogP contribution in [0.4, 0.5) is 8.78 Å². The highest BCUT2D eigenvalue weighted by atomic mass is 32.2. The highest BCUT2D eigenvalue weighted by Crippen LogP contribution is 2.28. The van der Waals surface area contributed by atoms with E-state index in [2.05, 4.69) is 0 Å². The largest absolute Gasteiger partial charge is 0.479 e. The zero-order valence-electron chi connectivity index (χ0n) is 12.7. The van der Waals surface area contributed by atoms with E-state index in [1.807, 2.05) is 0 Å². The first kappa shape index (κ1) is 18.8. The van der Waals surface area contributed by atoms with Gasteiger partial charge in [-0.1, -0.05) is 11.8 Å². The minimum atomic E-state index is -3.89. The topological polar surface area (TPSA) is 43.4 Å². The van der Waals surface area contributed by atoms with Crippen molar-refractivity contribution in [2.75, 3.05) is 6.61 Å². The van der Waals surface area contributed by atoms with Crippen LogP contribution >= 0.6 is 24.0 Å². The molecule has 0 aliphatic carbocycles. The van der Waals surface area contributed by atoms with Crippen molar-refractivity contribution < 1.29 is 21.9 Å². The van der Waals surface area contributed by atoms with Crippen molar-refractivity contribution in [1.29, 1.82) is 0 Å². The molecule has 2 rings (SSSR count). The Morgan fingerprint density at radius 1 is 1.12 bits per heavy atom. The van der Waals surface area contributed by atoms with Gasteiger partial charge in [-0.3, -0.25) is 0 Å². The number of ether oxygens (including phenoxy) is 1. The molecule has 0 amide bonds. The summed E-state index contributed by atoms with van der Waals surface area (Å²) in [6.07, 6.45) is 0. The molecule has 128 valence electrons. The van der Waals surface area contributed by atoms with E-state index in [0.29, 0.717) is 6.61 Å². The predicted octanol–water partition coefficient (Wildman–Crippen LogP) is 4.35. The lowest BCUT2D eigenvalue weighted by atomic mass is 10.2. The van der Waals surface area contributed by atoms with Gasteiger partial charge in [0.2, 0.25) is 14.2 Å². The lowest BCUT2D eigenvalue weighted by Crippen LogP contribution is -2.07. The van der Waals surface area contributed by atoms with Crippen LogP contribution < -0.4 is 0 Å². The second kappa shape index (κ2) is 8.04. The number of thioether (sulfide) groups is 1. The molecule has 0 unspecified atom stereocenters. The number of benzene rings is 2. The van der Waals surface area contributed by atoms with Crippen molar-refractivity contribution in [3.8, 4) is 0 Å². The third-order valence-corrected chi connectivity index (χ3v) is 6.19. The zero-order chi connectivity index (χ0) is 17.7. The first-order valence-electron chi connectivity index (χ1n) is 6.93. The summed E-state index contributed by atoms with van der Waals surface area (Å²) in [6, 6.07) is 7.91. The summed E-state index contributed by atoms with van der Waals surface area (Å²) in [5.41, 5.74) is 0.270. The molecule has 24 heavy (non-hydrogen) atoms. The number of hydrogen-bond acceptors (Lipinski definition) is 5. The van der Waals surface area contributed by atoms with Gasteiger partial charge in [0.15, 0.2) is 0 Å². The summed E-state index contributed by atoms with van der Waals surface area (Å²) < 4.78 is 57.4. The first-order valence-corrected chi connectivity index (χ1v) is 9.81. The number of thiocarbonyl (C=S) groups is 1. The molecule has 8 heteroatoms. The Bertz CT molecular complexity index is 834. The van der Waals surface area contributed by atoms with Gasteiger partial charge in [0.05, 0.1) is 16.4 Å².